The van der Waals surface area contributed by atoms with Crippen molar-refractivity contribution in [2.24, 2.45) is 5.10 Å². The molecule has 2 amide bonds. The van der Waals surface area contributed by atoms with E-state index in [-0.39, 0.29) is 32.7 Å². The molecule has 8 nitrogen and oxygen atoms in total. The molecule has 0 aliphatic carbocycles. The van der Waals surface area contributed by atoms with Crippen LogP contribution in [0.1, 0.15) is 30.3 Å². The van der Waals surface area contributed by atoms with Crippen molar-refractivity contribution in [1.82, 2.24) is 10.3 Å². The number of hydrazone groups is 1. The van der Waals surface area contributed by atoms with E-state index < -0.39 is 5.91 Å². The monoisotopic (exact) mass is 408 g/mol. The molecule has 2 rings (SSSR count). The van der Waals surface area contributed by atoms with Crippen molar-refractivity contribution in [3.05, 3.63) is 20.9 Å². The molecule has 1 aromatic rings. The fraction of sp³-hybridized carbons (Fsp3) is 0.429. The Morgan fingerprint density at radius 1 is 1.28 bits per heavy atom. The number of carbonyl (C=O) groups excluding carboxylic acids is 2. The molecule has 1 aromatic heterocycles. The number of pyridine rings is 1. The molecule has 0 atom stereocenters. The second-order valence-corrected chi connectivity index (χ2v) is 6.29. The molecule has 1 aliphatic heterocycles. The van der Waals surface area contributed by atoms with E-state index in [9.17, 15) is 9.59 Å². The van der Waals surface area contributed by atoms with Gasteiger partial charge in [-0.15, -0.1) is 0 Å². The van der Waals surface area contributed by atoms with Crippen LogP contribution in [-0.2, 0) is 4.74 Å². The molecular weight excluding hydrogens is 393 g/mol. The number of aromatic amines is 1. The lowest BCUT2D eigenvalue weighted by Crippen LogP contribution is -2.39. The summed E-state index contributed by atoms with van der Waals surface area (Å²) in [6, 6.07) is 0. The van der Waals surface area contributed by atoms with Crippen LogP contribution in [0, 0.1) is 0 Å². The Kier molecular flexibility index (Phi) is 6.69. The number of hydrogen-bond donors (Lipinski definition) is 2. The number of nitrogen functional groups attached to an aromatic ring is 1. The molecule has 0 bridgehead atoms. The molecule has 1 aliphatic rings. The zero-order valence-corrected chi connectivity index (χ0v) is 15.6. The summed E-state index contributed by atoms with van der Waals surface area (Å²) in [7, 11) is 0. The first kappa shape index (κ1) is 19.6. The Labute approximate surface area is 159 Å². The minimum Gasteiger partial charge on any atom is -0.450 e. The number of nitrogens with one attached hydrogen (secondary N) is 2. The van der Waals surface area contributed by atoms with Gasteiger partial charge in [0.1, 0.15) is 10.0 Å². The van der Waals surface area contributed by atoms with Crippen molar-refractivity contribution in [2.45, 2.75) is 19.8 Å². The van der Waals surface area contributed by atoms with E-state index in [1.54, 1.807) is 11.8 Å². The number of hydrogen-bond acceptors (Lipinski definition) is 5. The predicted molar refractivity (Wildman–Crippen MR) is 95.2 cm³/mol. The normalized spacial score (nSPS) is 14.2. The van der Waals surface area contributed by atoms with E-state index in [2.05, 4.69) is 15.5 Å². The van der Waals surface area contributed by atoms with Crippen molar-refractivity contribution in [3.8, 4) is 0 Å². The van der Waals surface area contributed by atoms with Gasteiger partial charge < -0.3 is 15.4 Å². The standard InChI is InChI=1S/C14H16Cl3N5O3/c1-2-25-14(24)22-5-3-7(4-6-22)20-21-13(23)11-8(15)10(18)9(16)12(17)19-11/h2-6H2,1H3,(H2,18,19)(H,21,23)/p+1. The van der Waals surface area contributed by atoms with Crippen LogP contribution >= 0.6 is 34.8 Å². The molecule has 2 heterocycles. The Morgan fingerprint density at radius 2 is 1.92 bits per heavy atom. The van der Waals surface area contributed by atoms with E-state index in [1.165, 1.54) is 0 Å². The first-order valence-electron chi connectivity index (χ1n) is 7.47. The molecule has 1 saturated heterocycles. The van der Waals surface area contributed by atoms with Gasteiger partial charge in [0.05, 0.1) is 12.3 Å². The van der Waals surface area contributed by atoms with Gasteiger partial charge in [-0.05, 0) is 18.5 Å². The summed E-state index contributed by atoms with van der Waals surface area (Å²) < 4.78 is 4.94. The third kappa shape index (κ3) is 4.65. The van der Waals surface area contributed by atoms with Crippen molar-refractivity contribution < 1.29 is 19.3 Å². The Hall–Kier alpha value is -1.77. The quantitative estimate of drug-likeness (QED) is 0.589. The highest BCUT2D eigenvalue weighted by molar-refractivity contribution is 6.45. The van der Waals surface area contributed by atoms with Crippen LogP contribution in [0.25, 0.3) is 0 Å². The van der Waals surface area contributed by atoms with Crippen LogP contribution in [0.3, 0.4) is 0 Å². The van der Waals surface area contributed by atoms with Crippen molar-refractivity contribution in [3.63, 3.8) is 0 Å². The Balaban J connectivity index is 1.99. The number of anilines is 1. The third-order valence-corrected chi connectivity index (χ3v) is 4.69. The second-order valence-electron chi connectivity index (χ2n) is 5.16. The maximum Gasteiger partial charge on any atom is 0.409 e. The number of likely N-dealkylation sites (tertiary alicyclic amines) is 1. The van der Waals surface area contributed by atoms with Gasteiger partial charge in [0.2, 0.25) is 0 Å². The second kappa shape index (κ2) is 8.55. The minimum absolute atomic E-state index is 0.00381. The van der Waals surface area contributed by atoms with Crippen LogP contribution < -0.4 is 16.1 Å². The largest absolute Gasteiger partial charge is 0.450 e. The zero-order chi connectivity index (χ0) is 18.6. The van der Waals surface area contributed by atoms with E-state index in [4.69, 9.17) is 45.3 Å². The number of ether oxygens (including phenoxy) is 1. The first-order chi connectivity index (χ1) is 11.8. The van der Waals surface area contributed by atoms with Crippen molar-refractivity contribution in [1.29, 1.82) is 0 Å². The highest BCUT2D eigenvalue weighted by Gasteiger charge is 2.26. The smallest absolute Gasteiger partial charge is 0.409 e. The molecule has 0 aromatic carbocycles. The summed E-state index contributed by atoms with van der Waals surface area (Å²) in [5, 5.41) is 4.07. The molecule has 0 radical (unpaired) electrons. The van der Waals surface area contributed by atoms with Crippen LogP contribution in [-0.4, -0.2) is 42.3 Å². The number of amides is 2. The van der Waals surface area contributed by atoms with Crippen LogP contribution in [0.15, 0.2) is 5.10 Å². The minimum atomic E-state index is -0.601. The summed E-state index contributed by atoms with van der Waals surface area (Å²) in [4.78, 5) is 28.0. The van der Waals surface area contributed by atoms with Gasteiger partial charge in [0.25, 0.3) is 10.8 Å². The lowest BCUT2D eigenvalue weighted by Gasteiger charge is -2.26. The van der Waals surface area contributed by atoms with Crippen LogP contribution in [0.4, 0.5) is 10.5 Å². The van der Waals surface area contributed by atoms with E-state index in [0.29, 0.717) is 32.5 Å². The van der Waals surface area contributed by atoms with Gasteiger partial charge in [0, 0.05) is 31.6 Å². The fourth-order valence-corrected chi connectivity index (χ4v) is 2.80. The summed E-state index contributed by atoms with van der Waals surface area (Å²) in [5.74, 6) is -0.601. The van der Waals surface area contributed by atoms with Crippen molar-refractivity contribution >= 4 is 58.2 Å². The van der Waals surface area contributed by atoms with E-state index >= 15 is 0 Å². The van der Waals surface area contributed by atoms with Gasteiger partial charge in [-0.25, -0.2) is 10.2 Å². The van der Waals surface area contributed by atoms with Gasteiger partial charge in [0.15, 0.2) is 0 Å². The lowest BCUT2D eigenvalue weighted by molar-refractivity contribution is -0.379. The number of nitrogens with two attached hydrogens (primary N) is 1. The number of halogens is 3. The summed E-state index contributed by atoms with van der Waals surface area (Å²) >= 11 is 17.7. The zero-order valence-electron chi connectivity index (χ0n) is 13.4. The number of H-pyrrole nitrogens is 1. The molecule has 136 valence electrons. The maximum absolute atomic E-state index is 12.2. The highest BCUT2D eigenvalue weighted by atomic mass is 35.5. The molecule has 11 heteroatoms. The third-order valence-electron chi connectivity index (χ3n) is 3.53. The van der Waals surface area contributed by atoms with Gasteiger partial charge >= 0.3 is 12.0 Å². The van der Waals surface area contributed by atoms with E-state index in [0.717, 1.165) is 5.71 Å². The molecule has 4 N–H and O–H groups in total. The SMILES string of the molecule is CCOC(=O)N1CCC(=NNC(=O)c2[nH+]c(Cl)c(Cl)c(N)c2Cl)CC1. The summed E-state index contributed by atoms with van der Waals surface area (Å²) in [5.41, 5.74) is 8.80. The average molecular weight is 410 g/mol. The van der Waals surface area contributed by atoms with Crippen LogP contribution in [0.5, 0.6) is 0 Å². The number of rotatable bonds is 3. The van der Waals surface area contributed by atoms with Gasteiger partial charge in [-0.3, -0.25) is 4.79 Å². The van der Waals surface area contributed by atoms with Gasteiger partial charge in [-0.1, -0.05) is 23.2 Å². The number of carbonyl (C=O) groups is 2. The Bertz CT molecular complexity index is 716. The summed E-state index contributed by atoms with van der Waals surface area (Å²) in [6.45, 7) is 3.03. The lowest BCUT2D eigenvalue weighted by atomic mass is 10.1. The molecule has 0 saturated carbocycles. The highest BCUT2D eigenvalue weighted by Crippen LogP contribution is 2.31. The average Bonchev–Trinajstić information content (AvgIpc) is 2.61. The Morgan fingerprint density at radius 3 is 2.52 bits per heavy atom. The van der Waals surface area contributed by atoms with Crippen molar-refractivity contribution in [2.75, 3.05) is 25.4 Å². The summed E-state index contributed by atoms with van der Waals surface area (Å²) in [6.07, 6.45) is 0.707. The molecular formula is C14H17Cl3N5O3+. The molecule has 25 heavy (non-hydrogen) atoms. The molecule has 1 fully saturated rings. The topological polar surface area (TPSA) is 111 Å². The van der Waals surface area contributed by atoms with Gasteiger partial charge in [-0.2, -0.15) is 10.1 Å². The maximum atomic E-state index is 12.2. The number of aromatic nitrogens is 1. The predicted octanol–water partition coefficient (Wildman–Crippen LogP) is 2.38. The molecule has 0 spiro atoms. The number of nitrogens with zero attached hydrogens (tertiary/aromatic N) is 2. The number of piperidine rings is 1. The van der Waals surface area contributed by atoms with Crippen LogP contribution in [0.2, 0.25) is 15.2 Å². The fourth-order valence-electron chi connectivity index (χ4n) is 2.18. The first-order valence-corrected chi connectivity index (χ1v) is 8.61. The molecule has 0 unspecified atom stereocenters. The van der Waals surface area contributed by atoms with E-state index in [1.807, 2.05) is 0 Å².